The molecule has 132 valence electrons. The van der Waals surface area contributed by atoms with Gasteiger partial charge in [0.05, 0.1) is 11.3 Å². The van der Waals surface area contributed by atoms with Gasteiger partial charge in [-0.3, -0.25) is 4.99 Å². The maximum absolute atomic E-state index is 13.2. The normalized spacial score (nSPS) is 11.2. The molecule has 0 fully saturated rings. The van der Waals surface area contributed by atoms with Crippen LogP contribution < -0.4 is 0 Å². The largest absolute Gasteiger partial charge is 0.478 e. The van der Waals surface area contributed by atoms with E-state index in [1.54, 1.807) is 36.5 Å². The van der Waals surface area contributed by atoms with E-state index in [0.29, 0.717) is 5.69 Å². The minimum atomic E-state index is -0.976. The Kier molecular flexibility index (Phi) is 4.71. The fourth-order valence-electron chi connectivity index (χ4n) is 2.93. The van der Waals surface area contributed by atoms with Gasteiger partial charge in [0, 0.05) is 28.9 Å². The summed E-state index contributed by atoms with van der Waals surface area (Å²) in [5.74, 6) is -1.25. The Labute approximate surface area is 151 Å². The van der Waals surface area contributed by atoms with Crippen LogP contribution in [-0.4, -0.2) is 21.9 Å². The van der Waals surface area contributed by atoms with Gasteiger partial charge in [0.2, 0.25) is 0 Å². The van der Waals surface area contributed by atoms with E-state index >= 15 is 0 Å². The molecular formula is C21H19FN2O2. The molecule has 1 aromatic heterocycles. The molecule has 1 heterocycles. The Hall–Kier alpha value is -3.21. The van der Waals surface area contributed by atoms with Crippen LogP contribution in [0.3, 0.4) is 0 Å². The third-order valence-electron chi connectivity index (χ3n) is 4.35. The van der Waals surface area contributed by atoms with Crippen molar-refractivity contribution in [2.24, 2.45) is 4.99 Å². The van der Waals surface area contributed by atoms with Crippen molar-refractivity contribution in [2.45, 2.75) is 20.8 Å². The van der Waals surface area contributed by atoms with Crippen molar-refractivity contribution >= 4 is 17.9 Å². The predicted octanol–water partition coefficient (Wildman–Crippen LogP) is 4.99. The third-order valence-corrected chi connectivity index (χ3v) is 4.35. The Morgan fingerprint density at radius 3 is 2.42 bits per heavy atom. The zero-order valence-corrected chi connectivity index (χ0v) is 14.8. The first-order chi connectivity index (χ1) is 12.4. The van der Waals surface area contributed by atoms with E-state index in [-0.39, 0.29) is 11.4 Å². The lowest BCUT2D eigenvalue weighted by atomic mass is 10.1. The molecule has 0 bridgehead atoms. The quantitative estimate of drug-likeness (QED) is 0.674. The average molecular weight is 350 g/mol. The number of carboxylic acid groups (broad SMARTS) is 1. The van der Waals surface area contributed by atoms with Crippen molar-refractivity contribution in [1.82, 2.24) is 4.57 Å². The van der Waals surface area contributed by atoms with E-state index < -0.39 is 5.97 Å². The molecule has 3 aromatic rings. The van der Waals surface area contributed by atoms with Gasteiger partial charge in [0.15, 0.2) is 0 Å². The lowest BCUT2D eigenvalue weighted by molar-refractivity contribution is 0.0697. The van der Waals surface area contributed by atoms with Crippen LogP contribution in [0.2, 0.25) is 0 Å². The molecule has 2 aromatic carbocycles. The van der Waals surface area contributed by atoms with Gasteiger partial charge in [0.25, 0.3) is 0 Å². The van der Waals surface area contributed by atoms with Crippen molar-refractivity contribution in [2.75, 3.05) is 0 Å². The van der Waals surface area contributed by atoms with Crippen LogP contribution in [0, 0.1) is 26.6 Å². The molecule has 0 saturated carbocycles. The number of rotatable bonds is 4. The SMILES string of the molecule is Cc1ccc(C(=O)O)cc1N=Cc1cc(C)n(-c2ccc(F)cc2)c1C. The van der Waals surface area contributed by atoms with Gasteiger partial charge in [0.1, 0.15) is 5.82 Å². The van der Waals surface area contributed by atoms with E-state index in [2.05, 4.69) is 4.99 Å². The summed E-state index contributed by atoms with van der Waals surface area (Å²) >= 11 is 0. The van der Waals surface area contributed by atoms with Gasteiger partial charge in [-0.05, 0) is 68.8 Å². The molecule has 1 N–H and O–H groups in total. The molecule has 0 unspecified atom stereocenters. The summed E-state index contributed by atoms with van der Waals surface area (Å²) in [6.45, 7) is 5.84. The highest BCUT2D eigenvalue weighted by atomic mass is 19.1. The Morgan fingerprint density at radius 1 is 1.08 bits per heavy atom. The molecule has 0 amide bonds. The van der Waals surface area contributed by atoms with Gasteiger partial charge in [-0.1, -0.05) is 6.07 Å². The molecule has 0 aliphatic heterocycles. The molecule has 4 nitrogen and oxygen atoms in total. The van der Waals surface area contributed by atoms with Crippen LogP contribution in [0.1, 0.15) is 32.9 Å². The first-order valence-corrected chi connectivity index (χ1v) is 8.19. The topological polar surface area (TPSA) is 54.6 Å². The lowest BCUT2D eigenvalue weighted by Gasteiger charge is -2.09. The Morgan fingerprint density at radius 2 is 1.77 bits per heavy atom. The molecular weight excluding hydrogens is 331 g/mol. The summed E-state index contributed by atoms with van der Waals surface area (Å²) in [5, 5.41) is 9.13. The molecule has 0 aliphatic carbocycles. The van der Waals surface area contributed by atoms with Crippen molar-refractivity contribution in [3.05, 3.63) is 82.4 Å². The number of aryl methyl sites for hydroxylation is 2. The number of carboxylic acids is 1. The molecule has 0 spiro atoms. The molecule has 0 atom stereocenters. The second kappa shape index (κ2) is 6.96. The first kappa shape index (κ1) is 17.6. The van der Waals surface area contributed by atoms with Crippen molar-refractivity contribution in [1.29, 1.82) is 0 Å². The van der Waals surface area contributed by atoms with E-state index in [0.717, 1.165) is 28.2 Å². The average Bonchev–Trinajstić information content (AvgIpc) is 2.89. The maximum atomic E-state index is 13.2. The van der Waals surface area contributed by atoms with Crippen molar-refractivity contribution in [3.8, 4) is 5.69 Å². The van der Waals surface area contributed by atoms with Crippen LogP contribution in [0.15, 0.2) is 53.5 Å². The number of hydrogen-bond donors (Lipinski definition) is 1. The summed E-state index contributed by atoms with van der Waals surface area (Å²) in [6, 6.07) is 13.2. The summed E-state index contributed by atoms with van der Waals surface area (Å²) in [6.07, 6.45) is 1.73. The van der Waals surface area contributed by atoms with Crippen LogP contribution in [-0.2, 0) is 0 Å². The molecule has 5 heteroatoms. The Balaban J connectivity index is 1.98. The number of halogens is 1. The summed E-state index contributed by atoms with van der Waals surface area (Å²) in [4.78, 5) is 15.6. The third kappa shape index (κ3) is 3.42. The number of benzene rings is 2. The van der Waals surface area contributed by atoms with E-state index in [4.69, 9.17) is 5.11 Å². The monoisotopic (exact) mass is 350 g/mol. The number of aromatic carboxylic acids is 1. The highest BCUT2D eigenvalue weighted by Crippen LogP contribution is 2.23. The van der Waals surface area contributed by atoms with Crippen LogP contribution >= 0.6 is 0 Å². The second-order valence-corrected chi connectivity index (χ2v) is 6.20. The summed E-state index contributed by atoms with van der Waals surface area (Å²) < 4.78 is 15.2. The number of aromatic nitrogens is 1. The second-order valence-electron chi connectivity index (χ2n) is 6.20. The molecule has 0 radical (unpaired) electrons. The van der Waals surface area contributed by atoms with Gasteiger partial charge >= 0.3 is 5.97 Å². The van der Waals surface area contributed by atoms with Crippen molar-refractivity contribution in [3.63, 3.8) is 0 Å². The number of nitrogens with zero attached hydrogens (tertiary/aromatic N) is 2. The van der Waals surface area contributed by atoms with E-state index in [1.807, 2.05) is 31.4 Å². The lowest BCUT2D eigenvalue weighted by Crippen LogP contribution is -1.99. The zero-order chi connectivity index (χ0) is 18.8. The van der Waals surface area contributed by atoms with Gasteiger partial charge in [-0.2, -0.15) is 0 Å². The fraction of sp³-hybridized carbons (Fsp3) is 0.143. The standard InChI is InChI=1S/C21H19FN2O2/c1-13-4-5-16(21(25)26)11-20(13)23-12-17-10-14(2)24(15(17)3)19-8-6-18(22)7-9-19/h4-12H,1-3H3,(H,25,26). The van der Waals surface area contributed by atoms with Crippen LogP contribution in [0.4, 0.5) is 10.1 Å². The van der Waals surface area contributed by atoms with Gasteiger partial charge in [-0.15, -0.1) is 0 Å². The summed E-state index contributed by atoms with van der Waals surface area (Å²) in [5.41, 5.74) is 5.52. The number of carbonyl (C=O) groups is 1. The predicted molar refractivity (Wildman–Crippen MR) is 101 cm³/mol. The zero-order valence-electron chi connectivity index (χ0n) is 14.8. The van der Waals surface area contributed by atoms with Crippen LogP contribution in [0.5, 0.6) is 0 Å². The number of aliphatic imine (C=N–C) groups is 1. The molecule has 0 aliphatic rings. The minimum absolute atomic E-state index is 0.208. The molecule has 0 saturated heterocycles. The molecule has 26 heavy (non-hydrogen) atoms. The smallest absolute Gasteiger partial charge is 0.335 e. The molecule has 3 rings (SSSR count). The maximum Gasteiger partial charge on any atom is 0.335 e. The van der Waals surface area contributed by atoms with Crippen molar-refractivity contribution < 1.29 is 14.3 Å². The Bertz CT molecular complexity index is 1000. The summed E-state index contributed by atoms with van der Waals surface area (Å²) in [7, 11) is 0. The van der Waals surface area contributed by atoms with Gasteiger partial charge in [-0.25, -0.2) is 9.18 Å². The minimum Gasteiger partial charge on any atom is -0.478 e. The van der Waals surface area contributed by atoms with E-state index in [1.165, 1.54) is 12.1 Å². The van der Waals surface area contributed by atoms with Crippen LogP contribution in [0.25, 0.3) is 5.69 Å². The van der Waals surface area contributed by atoms with Gasteiger partial charge < -0.3 is 9.67 Å². The van der Waals surface area contributed by atoms with E-state index in [9.17, 15) is 9.18 Å². The highest BCUT2D eigenvalue weighted by Gasteiger charge is 2.10. The fourth-order valence-corrected chi connectivity index (χ4v) is 2.93. The number of hydrogen-bond acceptors (Lipinski definition) is 2. The highest BCUT2D eigenvalue weighted by molar-refractivity contribution is 5.90. The first-order valence-electron chi connectivity index (χ1n) is 8.19.